The van der Waals surface area contributed by atoms with E-state index in [0.717, 1.165) is 5.52 Å². The average molecular weight is 199 g/mol. The fourth-order valence-corrected chi connectivity index (χ4v) is 2.01. The Morgan fingerprint density at radius 1 is 1.27 bits per heavy atom. The third-order valence-electron chi connectivity index (χ3n) is 2.78. The highest BCUT2D eigenvalue weighted by Gasteiger charge is 2.06. The van der Waals surface area contributed by atoms with Gasteiger partial charge < -0.3 is 5.10 Å². The summed E-state index contributed by atoms with van der Waals surface area (Å²) in [5.74, 6) is 0. The molecule has 0 unspecified atom stereocenters. The molecule has 3 nitrogen and oxygen atoms in total. The molecule has 0 saturated carbocycles. The Morgan fingerprint density at radius 3 is 2.93 bits per heavy atom. The van der Waals surface area contributed by atoms with E-state index in [1.54, 1.807) is 0 Å². The summed E-state index contributed by atoms with van der Waals surface area (Å²) in [5.41, 5.74) is 2.31. The molecule has 0 radical (unpaired) electrons. The zero-order chi connectivity index (χ0) is 10.4. The molecule has 0 aliphatic heterocycles. The number of fused-ring (bicyclic) bond motifs is 2. The third kappa shape index (κ3) is 1.16. The molecule has 0 amide bonds. The molecule has 2 aromatic heterocycles. The van der Waals surface area contributed by atoms with E-state index in [9.17, 15) is 0 Å². The van der Waals surface area contributed by atoms with E-state index < -0.39 is 0 Å². The minimum absolute atomic E-state index is 0.447. The van der Waals surface area contributed by atoms with Crippen LogP contribution in [0.3, 0.4) is 0 Å². The molecule has 1 aromatic carbocycles. The molecule has 15 heavy (non-hydrogen) atoms. The number of hydrogen-bond acceptors (Lipinski definition) is 1. The highest BCUT2D eigenvalue weighted by atomic mass is 15.3. The number of nitrogens with one attached hydrogen (secondary N) is 1. The Balaban J connectivity index is 2.41. The molecule has 1 N–H and O–H groups in total. The minimum atomic E-state index is 0.447. The first-order chi connectivity index (χ1) is 7.25. The standard InChI is InChI=1S/C12H13N3/c1-8(2)15-12-6-9-3-4-13-11(9)5-10(12)7-14-15/h3-8,14H,1-2H3. The van der Waals surface area contributed by atoms with Gasteiger partial charge in [-0.2, -0.15) is 0 Å². The Hall–Kier alpha value is -1.77. The summed E-state index contributed by atoms with van der Waals surface area (Å²) in [6.45, 7) is 4.34. The fourth-order valence-electron chi connectivity index (χ4n) is 2.01. The number of rotatable bonds is 1. The van der Waals surface area contributed by atoms with E-state index in [0.29, 0.717) is 6.04 Å². The van der Waals surface area contributed by atoms with Gasteiger partial charge in [0.25, 0.3) is 0 Å². The Morgan fingerprint density at radius 2 is 2.13 bits per heavy atom. The largest absolute Gasteiger partial charge is 0.305 e. The normalized spacial score (nSPS) is 11.9. The van der Waals surface area contributed by atoms with Gasteiger partial charge in [-0.15, -0.1) is 0 Å². The smallest absolute Gasteiger partial charge is 0.0710 e. The maximum absolute atomic E-state index is 4.30. The van der Waals surface area contributed by atoms with E-state index >= 15 is 0 Å². The van der Waals surface area contributed by atoms with Crippen LogP contribution in [0.15, 0.2) is 30.6 Å². The van der Waals surface area contributed by atoms with Gasteiger partial charge in [-0.1, -0.05) is 0 Å². The predicted octanol–water partition coefficient (Wildman–Crippen LogP) is 3.10. The maximum Gasteiger partial charge on any atom is 0.0710 e. The first-order valence-electron chi connectivity index (χ1n) is 5.20. The second-order valence-corrected chi connectivity index (χ2v) is 4.15. The zero-order valence-electron chi connectivity index (χ0n) is 8.86. The van der Waals surface area contributed by atoms with Crippen LogP contribution in [0.25, 0.3) is 21.8 Å². The van der Waals surface area contributed by atoms with Gasteiger partial charge in [-0.25, -0.2) is 0 Å². The number of benzene rings is 1. The van der Waals surface area contributed by atoms with Crippen molar-refractivity contribution in [2.45, 2.75) is 19.9 Å². The molecule has 2 heterocycles. The second kappa shape index (κ2) is 2.86. The van der Waals surface area contributed by atoms with Crippen LogP contribution in [-0.2, 0) is 0 Å². The fraction of sp³-hybridized carbons (Fsp3) is 0.250. The van der Waals surface area contributed by atoms with Gasteiger partial charge >= 0.3 is 0 Å². The first kappa shape index (κ1) is 8.53. The van der Waals surface area contributed by atoms with Crippen LogP contribution in [0.4, 0.5) is 0 Å². The first-order valence-corrected chi connectivity index (χ1v) is 5.20. The SMILES string of the molecule is CC(C)n1[nH]cc2cc3nccc3cc21. The molecule has 0 aliphatic carbocycles. The van der Waals surface area contributed by atoms with Crippen molar-refractivity contribution >= 4 is 21.8 Å². The van der Waals surface area contributed by atoms with Gasteiger partial charge in [0.1, 0.15) is 0 Å². The number of nitrogens with zero attached hydrogens (tertiary/aromatic N) is 2. The molecule has 0 aliphatic rings. The lowest BCUT2D eigenvalue weighted by atomic mass is 10.2. The summed E-state index contributed by atoms with van der Waals surface area (Å²) in [7, 11) is 0. The second-order valence-electron chi connectivity index (χ2n) is 4.15. The van der Waals surface area contributed by atoms with Crippen LogP contribution in [0.1, 0.15) is 19.9 Å². The molecule has 0 saturated heterocycles. The maximum atomic E-state index is 4.30. The highest BCUT2D eigenvalue weighted by Crippen LogP contribution is 2.23. The number of aromatic nitrogens is 3. The Kier molecular flexibility index (Phi) is 1.63. The van der Waals surface area contributed by atoms with Crippen LogP contribution in [0.5, 0.6) is 0 Å². The molecular formula is C12H13N3. The van der Waals surface area contributed by atoms with Crippen LogP contribution in [0.2, 0.25) is 0 Å². The molecule has 76 valence electrons. The van der Waals surface area contributed by atoms with Crippen LogP contribution in [-0.4, -0.2) is 14.8 Å². The van der Waals surface area contributed by atoms with Gasteiger partial charge in [0.05, 0.1) is 11.0 Å². The quantitative estimate of drug-likeness (QED) is 0.642. The Bertz CT molecular complexity index is 616. The molecular weight excluding hydrogens is 186 g/mol. The minimum Gasteiger partial charge on any atom is -0.305 e. The average Bonchev–Trinajstić information content (AvgIpc) is 2.77. The van der Waals surface area contributed by atoms with Crippen molar-refractivity contribution in [1.29, 1.82) is 0 Å². The molecule has 0 fully saturated rings. The number of hydrogen-bond donors (Lipinski definition) is 1. The number of aromatic amines is 1. The van der Waals surface area contributed by atoms with Crippen LogP contribution >= 0.6 is 0 Å². The number of H-pyrrole nitrogens is 1. The van der Waals surface area contributed by atoms with Gasteiger partial charge in [-0.05, 0) is 32.0 Å². The van der Waals surface area contributed by atoms with E-state index in [1.807, 2.05) is 18.5 Å². The molecule has 0 atom stereocenters. The van der Waals surface area contributed by atoms with Crippen LogP contribution < -0.4 is 0 Å². The van der Waals surface area contributed by atoms with E-state index in [2.05, 4.69) is 40.7 Å². The summed E-state index contributed by atoms with van der Waals surface area (Å²) in [6.07, 6.45) is 3.89. The van der Waals surface area contributed by atoms with Gasteiger partial charge in [0.15, 0.2) is 0 Å². The van der Waals surface area contributed by atoms with Gasteiger partial charge in [0.2, 0.25) is 0 Å². The highest BCUT2D eigenvalue weighted by molar-refractivity contribution is 5.94. The van der Waals surface area contributed by atoms with E-state index in [-0.39, 0.29) is 0 Å². The Labute approximate surface area is 87.7 Å². The van der Waals surface area contributed by atoms with Crippen LogP contribution in [0, 0.1) is 0 Å². The summed E-state index contributed by atoms with van der Waals surface area (Å²) in [4.78, 5) is 4.30. The molecule has 0 bridgehead atoms. The molecule has 3 aromatic rings. The van der Waals surface area contributed by atoms with Crippen molar-refractivity contribution in [3.8, 4) is 0 Å². The topological polar surface area (TPSA) is 33.6 Å². The lowest BCUT2D eigenvalue weighted by molar-refractivity contribution is 0.551. The van der Waals surface area contributed by atoms with Crippen molar-refractivity contribution in [2.75, 3.05) is 0 Å². The monoisotopic (exact) mass is 199 g/mol. The molecule has 0 spiro atoms. The lowest BCUT2D eigenvalue weighted by Gasteiger charge is -2.08. The van der Waals surface area contributed by atoms with Crippen molar-refractivity contribution in [3.63, 3.8) is 0 Å². The van der Waals surface area contributed by atoms with Gasteiger partial charge in [0, 0.05) is 29.2 Å². The summed E-state index contributed by atoms with van der Waals surface area (Å²) in [5, 5.41) is 5.69. The zero-order valence-corrected chi connectivity index (χ0v) is 8.86. The van der Waals surface area contributed by atoms with Crippen molar-refractivity contribution in [2.24, 2.45) is 0 Å². The van der Waals surface area contributed by atoms with Crippen molar-refractivity contribution < 1.29 is 0 Å². The van der Waals surface area contributed by atoms with Crippen molar-refractivity contribution in [1.82, 2.24) is 14.8 Å². The summed E-state index contributed by atoms with van der Waals surface area (Å²) >= 11 is 0. The van der Waals surface area contributed by atoms with E-state index in [1.165, 1.54) is 16.3 Å². The molecule has 3 heteroatoms. The third-order valence-corrected chi connectivity index (χ3v) is 2.78. The van der Waals surface area contributed by atoms with Crippen molar-refractivity contribution in [3.05, 3.63) is 30.6 Å². The summed E-state index contributed by atoms with van der Waals surface area (Å²) < 4.78 is 2.17. The molecule has 3 rings (SSSR count). The summed E-state index contributed by atoms with van der Waals surface area (Å²) in [6, 6.07) is 6.81. The van der Waals surface area contributed by atoms with Gasteiger partial charge in [-0.3, -0.25) is 9.67 Å². The van der Waals surface area contributed by atoms with E-state index in [4.69, 9.17) is 0 Å². The lowest BCUT2D eigenvalue weighted by Crippen LogP contribution is -2.01. The predicted molar refractivity (Wildman–Crippen MR) is 62.0 cm³/mol.